The van der Waals surface area contributed by atoms with E-state index in [2.05, 4.69) is 11.0 Å². The Morgan fingerprint density at radius 1 is 1.22 bits per heavy atom. The number of benzene rings is 2. The zero-order chi connectivity index (χ0) is 16.2. The highest BCUT2D eigenvalue weighted by molar-refractivity contribution is 5.66. The van der Waals surface area contributed by atoms with Gasteiger partial charge in [0.25, 0.3) is 0 Å². The maximum absolute atomic E-state index is 11.0. The van der Waals surface area contributed by atoms with Crippen LogP contribution in [0.1, 0.15) is 12.0 Å². The van der Waals surface area contributed by atoms with Crippen molar-refractivity contribution in [3.05, 3.63) is 58.1 Å². The Bertz CT molecular complexity index is 718. The fourth-order valence-corrected chi connectivity index (χ4v) is 2.96. The number of rotatable bonds is 5. The summed E-state index contributed by atoms with van der Waals surface area (Å²) in [5.74, 6) is 0.308. The molecule has 2 aromatic rings. The second-order valence-corrected chi connectivity index (χ2v) is 5.51. The lowest BCUT2D eigenvalue weighted by atomic mass is 10.00. The van der Waals surface area contributed by atoms with Crippen molar-refractivity contribution in [2.24, 2.45) is 0 Å². The van der Waals surface area contributed by atoms with Crippen molar-refractivity contribution in [2.45, 2.75) is 12.8 Å². The van der Waals surface area contributed by atoms with Gasteiger partial charge in [-0.05, 0) is 36.6 Å². The van der Waals surface area contributed by atoms with E-state index in [1.165, 1.54) is 11.6 Å². The summed E-state index contributed by atoms with van der Waals surface area (Å²) in [5.41, 5.74) is 9.19. The number of ether oxygens (including phenoxy) is 1. The molecule has 0 bridgehead atoms. The molecule has 0 spiro atoms. The molecule has 2 N–H and O–H groups in total. The quantitative estimate of drug-likeness (QED) is 0.521. The molecule has 0 fully saturated rings. The van der Waals surface area contributed by atoms with E-state index in [1.807, 2.05) is 12.1 Å². The van der Waals surface area contributed by atoms with Crippen LogP contribution in [-0.4, -0.2) is 24.6 Å². The number of hydrogen-bond acceptors (Lipinski definition) is 5. The lowest BCUT2D eigenvalue weighted by Crippen LogP contribution is -2.33. The van der Waals surface area contributed by atoms with E-state index in [9.17, 15) is 10.1 Å². The minimum absolute atomic E-state index is 0.00390. The van der Waals surface area contributed by atoms with Gasteiger partial charge in [-0.3, -0.25) is 10.1 Å². The van der Waals surface area contributed by atoms with Gasteiger partial charge in [-0.1, -0.05) is 18.2 Å². The van der Waals surface area contributed by atoms with Crippen LogP contribution in [0.25, 0.3) is 0 Å². The molecule has 0 atom stereocenters. The number of nitro groups is 1. The molecular weight excluding hydrogens is 294 g/mol. The number of fused-ring (bicyclic) bond motifs is 1. The summed E-state index contributed by atoms with van der Waals surface area (Å²) in [6.07, 6.45) is 2.04. The number of hydrogen-bond donors (Lipinski definition) is 1. The molecular formula is C17H19N3O3. The molecule has 23 heavy (non-hydrogen) atoms. The number of para-hydroxylation sites is 2. The molecule has 1 heterocycles. The minimum atomic E-state index is -0.424. The molecule has 0 amide bonds. The molecule has 0 radical (unpaired) electrons. The van der Waals surface area contributed by atoms with E-state index in [1.54, 1.807) is 18.2 Å². The summed E-state index contributed by atoms with van der Waals surface area (Å²) in [5, 5.41) is 11.0. The van der Waals surface area contributed by atoms with E-state index in [-0.39, 0.29) is 5.69 Å². The van der Waals surface area contributed by atoms with Gasteiger partial charge in [-0.2, -0.15) is 0 Å². The molecule has 0 saturated heterocycles. The first-order chi connectivity index (χ1) is 11.2. The van der Waals surface area contributed by atoms with E-state index < -0.39 is 4.92 Å². The molecule has 120 valence electrons. The summed E-state index contributed by atoms with van der Waals surface area (Å²) in [7, 11) is 0. The first-order valence-corrected chi connectivity index (χ1v) is 7.65. The number of nitrogens with two attached hydrogens (primary N) is 1. The van der Waals surface area contributed by atoms with Gasteiger partial charge in [0.05, 0.1) is 11.5 Å². The first kappa shape index (κ1) is 15.1. The summed E-state index contributed by atoms with van der Waals surface area (Å²) in [6, 6.07) is 12.4. The second-order valence-electron chi connectivity index (χ2n) is 5.51. The SMILES string of the molecule is Nc1cccc2c1CCCN2CCOc1ccccc1[N+](=O)[O-]. The highest BCUT2D eigenvalue weighted by Crippen LogP contribution is 2.31. The van der Waals surface area contributed by atoms with Crippen molar-refractivity contribution in [3.8, 4) is 5.75 Å². The molecule has 0 aromatic heterocycles. The van der Waals surface area contributed by atoms with E-state index in [0.717, 1.165) is 30.8 Å². The molecule has 0 unspecified atom stereocenters. The van der Waals surface area contributed by atoms with Gasteiger partial charge in [0, 0.05) is 24.0 Å². The monoisotopic (exact) mass is 313 g/mol. The van der Waals surface area contributed by atoms with Crippen molar-refractivity contribution in [3.63, 3.8) is 0 Å². The predicted molar refractivity (Wildman–Crippen MR) is 90.0 cm³/mol. The zero-order valence-electron chi connectivity index (χ0n) is 12.8. The van der Waals surface area contributed by atoms with Crippen LogP contribution < -0.4 is 15.4 Å². The average molecular weight is 313 g/mol. The van der Waals surface area contributed by atoms with Gasteiger partial charge in [-0.25, -0.2) is 0 Å². The lowest BCUT2D eigenvalue weighted by Gasteiger charge is -2.31. The molecule has 2 aromatic carbocycles. The Labute approximate surface area is 134 Å². The van der Waals surface area contributed by atoms with Crippen LogP contribution in [0.15, 0.2) is 42.5 Å². The second kappa shape index (κ2) is 6.56. The Kier molecular flexibility index (Phi) is 4.32. The summed E-state index contributed by atoms with van der Waals surface area (Å²) in [4.78, 5) is 12.8. The topological polar surface area (TPSA) is 81.6 Å². The molecule has 6 nitrogen and oxygen atoms in total. The smallest absolute Gasteiger partial charge is 0.310 e. The largest absolute Gasteiger partial charge is 0.485 e. The third-order valence-corrected chi connectivity index (χ3v) is 4.06. The Hall–Kier alpha value is -2.76. The van der Waals surface area contributed by atoms with Gasteiger partial charge in [-0.15, -0.1) is 0 Å². The summed E-state index contributed by atoms with van der Waals surface area (Å²) < 4.78 is 5.63. The van der Waals surface area contributed by atoms with E-state index in [4.69, 9.17) is 10.5 Å². The van der Waals surface area contributed by atoms with Crippen LogP contribution >= 0.6 is 0 Å². The van der Waals surface area contributed by atoms with Crippen molar-refractivity contribution in [2.75, 3.05) is 30.3 Å². The number of nitrogen functional groups attached to an aromatic ring is 1. The average Bonchev–Trinajstić information content (AvgIpc) is 2.56. The molecule has 1 aliphatic rings. The van der Waals surface area contributed by atoms with Crippen LogP contribution in [-0.2, 0) is 6.42 Å². The van der Waals surface area contributed by atoms with Crippen LogP contribution in [0.2, 0.25) is 0 Å². The zero-order valence-corrected chi connectivity index (χ0v) is 12.8. The van der Waals surface area contributed by atoms with Crippen molar-refractivity contribution >= 4 is 17.1 Å². The molecule has 0 aliphatic carbocycles. The molecule has 3 rings (SSSR count). The van der Waals surface area contributed by atoms with Gasteiger partial charge in [0.1, 0.15) is 6.61 Å². The van der Waals surface area contributed by atoms with Crippen molar-refractivity contribution in [1.29, 1.82) is 0 Å². The normalized spacial score (nSPS) is 13.5. The van der Waals surface area contributed by atoms with Crippen LogP contribution in [0.3, 0.4) is 0 Å². The summed E-state index contributed by atoms with van der Waals surface area (Å²) >= 11 is 0. The van der Waals surface area contributed by atoms with Crippen LogP contribution in [0.5, 0.6) is 5.75 Å². The number of anilines is 2. The van der Waals surface area contributed by atoms with Crippen LogP contribution in [0, 0.1) is 10.1 Å². The molecule has 1 aliphatic heterocycles. The van der Waals surface area contributed by atoms with Crippen molar-refractivity contribution < 1.29 is 9.66 Å². The predicted octanol–water partition coefficient (Wildman–Crippen LogP) is 3.01. The first-order valence-electron chi connectivity index (χ1n) is 7.65. The van der Waals surface area contributed by atoms with Gasteiger partial charge < -0.3 is 15.4 Å². The van der Waals surface area contributed by atoms with Crippen molar-refractivity contribution in [1.82, 2.24) is 0 Å². The van der Waals surface area contributed by atoms with Gasteiger partial charge in [0.15, 0.2) is 5.75 Å². The standard InChI is InChI=1S/C17H19N3O3/c18-14-6-3-8-15-13(14)5-4-10-19(15)11-12-23-17-9-2-1-7-16(17)20(21)22/h1-3,6-9H,4-5,10-12,18H2. The van der Waals surface area contributed by atoms with Gasteiger partial charge in [0.2, 0.25) is 0 Å². The van der Waals surface area contributed by atoms with E-state index in [0.29, 0.717) is 18.9 Å². The molecule has 6 heteroatoms. The number of nitrogens with zero attached hydrogens (tertiary/aromatic N) is 2. The van der Waals surface area contributed by atoms with E-state index >= 15 is 0 Å². The van der Waals surface area contributed by atoms with Crippen LogP contribution in [0.4, 0.5) is 17.1 Å². The molecule has 0 saturated carbocycles. The van der Waals surface area contributed by atoms with Gasteiger partial charge >= 0.3 is 5.69 Å². The lowest BCUT2D eigenvalue weighted by molar-refractivity contribution is -0.385. The summed E-state index contributed by atoms with van der Waals surface area (Å²) in [6.45, 7) is 2.00. The Balaban J connectivity index is 1.67. The Morgan fingerprint density at radius 2 is 2.04 bits per heavy atom. The Morgan fingerprint density at radius 3 is 2.87 bits per heavy atom. The fraction of sp³-hybridized carbons (Fsp3) is 0.294. The highest BCUT2D eigenvalue weighted by atomic mass is 16.6. The maximum atomic E-state index is 11.0. The number of nitro benzene ring substituents is 1. The fourth-order valence-electron chi connectivity index (χ4n) is 2.96. The third kappa shape index (κ3) is 3.21. The third-order valence-electron chi connectivity index (χ3n) is 4.06. The maximum Gasteiger partial charge on any atom is 0.310 e. The highest BCUT2D eigenvalue weighted by Gasteiger charge is 2.19. The minimum Gasteiger partial charge on any atom is -0.485 e.